The number of ether oxygens (including phenoxy) is 1. The standard InChI is InChI=1S/C12H11N3O3/c13-11(16)8-18-12(17)9-2-4-10(5-3-9)15-7-1-6-14-15/h1-7H,8H2,(H2,13,16). The van der Waals surface area contributed by atoms with E-state index in [4.69, 9.17) is 5.73 Å². The Morgan fingerprint density at radius 1 is 1.28 bits per heavy atom. The van der Waals surface area contributed by atoms with Crippen molar-refractivity contribution in [3.05, 3.63) is 48.3 Å². The summed E-state index contributed by atoms with van der Waals surface area (Å²) in [6, 6.07) is 8.46. The number of aromatic nitrogens is 2. The molecule has 1 heterocycles. The summed E-state index contributed by atoms with van der Waals surface area (Å²) in [5, 5.41) is 4.06. The average Bonchev–Trinajstić information content (AvgIpc) is 2.90. The molecular formula is C12H11N3O3. The van der Waals surface area contributed by atoms with E-state index in [9.17, 15) is 9.59 Å². The third kappa shape index (κ3) is 2.73. The van der Waals surface area contributed by atoms with Crippen LogP contribution in [0, 0.1) is 0 Å². The molecule has 0 saturated carbocycles. The Hall–Kier alpha value is -2.63. The largest absolute Gasteiger partial charge is 0.452 e. The van der Waals surface area contributed by atoms with Crippen LogP contribution in [0.15, 0.2) is 42.7 Å². The van der Waals surface area contributed by atoms with Crippen LogP contribution in [0.5, 0.6) is 0 Å². The number of benzene rings is 1. The van der Waals surface area contributed by atoms with Gasteiger partial charge in [-0.05, 0) is 30.3 Å². The van der Waals surface area contributed by atoms with E-state index in [0.29, 0.717) is 5.56 Å². The highest BCUT2D eigenvalue weighted by Crippen LogP contribution is 2.09. The molecule has 2 aromatic rings. The summed E-state index contributed by atoms with van der Waals surface area (Å²) in [6.45, 7) is -0.417. The average molecular weight is 245 g/mol. The van der Waals surface area contributed by atoms with Crippen molar-refractivity contribution in [3.63, 3.8) is 0 Å². The number of nitrogens with zero attached hydrogens (tertiary/aromatic N) is 2. The number of amides is 1. The first-order chi connectivity index (χ1) is 8.66. The second-order valence-corrected chi connectivity index (χ2v) is 3.54. The lowest BCUT2D eigenvalue weighted by atomic mass is 10.2. The van der Waals surface area contributed by atoms with E-state index in [1.54, 1.807) is 47.4 Å². The fourth-order valence-corrected chi connectivity index (χ4v) is 1.39. The first kappa shape index (κ1) is 11.8. The van der Waals surface area contributed by atoms with Crippen molar-refractivity contribution in [3.8, 4) is 5.69 Å². The zero-order valence-electron chi connectivity index (χ0n) is 9.45. The molecule has 18 heavy (non-hydrogen) atoms. The number of carbonyl (C=O) groups is 2. The highest BCUT2D eigenvalue weighted by molar-refractivity contribution is 5.91. The first-order valence-electron chi connectivity index (χ1n) is 5.22. The van der Waals surface area contributed by atoms with E-state index in [1.807, 2.05) is 0 Å². The van der Waals surface area contributed by atoms with Gasteiger partial charge in [-0.3, -0.25) is 4.79 Å². The zero-order valence-corrected chi connectivity index (χ0v) is 9.45. The lowest BCUT2D eigenvalue weighted by Gasteiger charge is -2.04. The maximum absolute atomic E-state index is 11.5. The molecule has 2 N–H and O–H groups in total. The second-order valence-electron chi connectivity index (χ2n) is 3.54. The van der Waals surface area contributed by atoms with Crippen molar-refractivity contribution in [2.45, 2.75) is 0 Å². The van der Waals surface area contributed by atoms with E-state index in [-0.39, 0.29) is 0 Å². The molecule has 1 amide bonds. The Kier molecular flexibility index (Phi) is 3.38. The maximum atomic E-state index is 11.5. The molecular weight excluding hydrogens is 234 g/mol. The number of hydrogen-bond acceptors (Lipinski definition) is 4. The summed E-state index contributed by atoms with van der Waals surface area (Å²) in [5.74, 6) is -1.27. The van der Waals surface area contributed by atoms with Crippen molar-refractivity contribution in [2.24, 2.45) is 5.73 Å². The van der Waals surface area contributed by atoms with Crippen molar-refractivity contribution < 1.29 is 14.3 Å². The molecule has 6 heteroatoms. The fraction of sp³-hybridized carbons (Fsp3) is 0.0833. The summed E-state index contributed by atoms with van der Waals surface area (Å²) in [7, 11) is 0. The molecule has 92 valence electrons. The Balaban J connectivity index is 2.08. The fourth-order valence-electron chi connectivity index (χ4n) is 1.39. The van der Waals surface area contributed by atoms with Gasteiger partial charge in [0.1, 0.15) is 0 Å². The zero-order chi connectivity index (χ0) is 13.0. The van der Waals surface area contributed by atoms with Gasteiger partial charge in [0.2, 0.25) is 0 Å². The maximum Gasteiger partial charge on any atom is 0.338 e. The van der Waals surface area contributed by atoms with E-state index in [2.05, 4.69) is 9.84 Å². The van der Waals surface area contributed by atoms with Crippen LogP contribution in [0.4, 0.5) is 0 Å². The van der Waals surface area contributed by atoms with Gasteiger partial charge in [0, 0.05) is 12.4 Å². The molecule has 0 radical (unpaired) electrons. The Morgan fingerprint density at radius 2 is 2.00 bits per heavy atom. The Labute approximate surface area is 103 Å². The van der Waals surface area contributed by atoms with E-state index in [1.165, 1.54) is 0 Å². The molecule has 0 bridgehead atoms. The SMILES string of the molecule is NC(=O)COC(=O)c1ccc(-n2cccn2)cc1. The van der Waals surface area contributed by atoms with Gasteiger partial charge in [0.15, 0.2) is 6.61 Å². The molecule has 0 aliphatic heterocycles. The number of carbonyl (C=O) groups excluding carboxylic acids is 2. The molecule has 2 rings (SSSR count). The summed E-state index contributed by atoms with van der Waals surface area (Å²) in [5.41, 5.74) is 6.06. The van der Waals surface area contributed by atoms with Crippen molar-refractivity contribution in [1.82, 2.24) is 9.78 Å². The smallest absolute Gasteiger partial charge is 0.338 e. The molecule has 1 aromatic heterocycles. The van der Waals surface area contributed by atoms with Crippen LogP contribution in [0.2, 0.25) is 0 Å². The van der Waals surface area contributed by atoms with Crippen molar-refractivity contribution >= 4 is 11.9 Å². The molecule has 0 atom stereocenters. The van der Waals surface area contributed by atoms with Crippen molar-refractivity contribution in [1.29, 1.82) is 0 Å². The lowest BCUT2D eigenvalue weighted by Crippen LogP contribution is -2.20. The first-order valence-corrected chi connectivity index (χ1v) is 5.22. The van der Waals surface area contributed by atoms with Gasteiger partial charge in [-0.15, -0.1) is 0 Å². The molecule has 0 spiro atoms. The Morgan fingerprint density at radius 3 is 2.56 bits per heavy atom. The van der Waals surface area contributed by atoms with Crippen molar-refractivity contribution in [2.75, 3.05) is 6.61 Å². The van der Waals surface area contributed by atoms with Crippen LogP contribution in [0.1, 0.15) is 10.4 Å². The predicted molar refractivity (Wildman–Crippen MR) is 63.0 cm³/mol. The molecule has 0 unspecified atom stereocenters. The van der Waals surface area contributed by atoms with Gasteiger partial charge < -0.3 is 10.5 Å². The third-order valence-electron chi connectivity index (χ3n) is 2.22. The molecule has 0 aliphatic rings. The molecule has 0 fully saturated rings. The summed E-state index contributed by atoms with van der Waals surface area (Å²) < 4.78 is 6.35. The number of esters is 1. The van der Waals surface area contributed by atoms with E-state index < -0.39 is 18.5 Å². The topological polar surface area (TPSA) is 87.2 Å². The van der Waals surface area contributed by atoms with Gasteiger partial charge in [-0.25, -0.2) is 9.48 Å². The monoisotopic (exact) mass is 245 g/mol. The van der Waals surface area contributed by atoms with Gasteiger partial charge in [0.05, 0.1) is 11.3 Å². The highest BCUT2D eigenvalue weighted by Gasteiger charge is 2.08. The van der Waals surface area contributed by atoms with Gasteiger partial charge in [-0.1, -0.05) is 0 Å². The summed E-state index contributed by atoms with van der Waals surface area (Å²) in [4.78, 5) is 22.0. The van der Waals surface area contributed by atoms with Gasteiger partial charge in [-0.2, -0.15) is 5.10 Å². The minimum Gasteiger partial charge on any atom is -0.452 e. The van der Waals surface area contributed by atoms with Crippen LogP contribution >= 0.6 is 0 Å². The molecule has 1 aromatic carbocycles. The molecule has 6 nitrogen and oxygen atoms in total. The third-order valence-corrected chi connectivity index (χ3v) is 2.22. The number of nitrogens with two attached hydrogens (primary N) is 1. The van der Waals surface area contributed by atoms with Gasteiger partial charge >= 0.3 is 5.97 Å². The van der Waals surface area contributed by atoms with Crippen LogP contribution in [-0.2, 0) is 9.53 Å². The van der Waals surface area contributed by atoms with Crippen LogP contribution < -0.4 is 5.73 Å². The normalized spacial score (nSPS) is 10.0. The van der Waals surface area contributed by atoms with E-state index in [0.717, 1.165) is 5.69 Å². The van der Waals surface area contributed by atoms with Crippen LogP contribution in [-0.4, -0.2) is 28.3 Å². The molecule has 0 saturated heterocycles. The predicted octanol–water partition coefficient (Wildman–Crippen LogP) is 0.514. The minimum atomic E-state index is -0.684. The molecule has 0 aliphatic carbocycles. The lowest BCUT2D eigenvalue weighted by molar-refractivity contribution is -0.121. The number of hydrogen-bond donors (Lipinski definition) is 1. The van der Waals surface area contributed by atoms with Crippen LogP contribution in [0.3, 0.4) is 0 Å². The van der Waals surface area contributed by atoms with Crippen LogP contribution in [0.25, 0.3) is 5.69 Å². The quantitative estimate of drug-likeness (QED) is 0.795. The number of rotatable bonds is 4. The number of primary amides is 1. The van der Waals surface area contributed by atoms with E-state index >= 15 is 0 Å². The summed E-state index contributed by atoms with van der Waals surface area (Å²) in [6.07, 6.45) is 3.45. The summed E-state index contributed by atoms with van der Waals surface area (Å²) >= 11 is 0. The second kappa shape index (κ2) is 5.13. The Bertz CT molecular complexity index is 546. The van der Waals surface area contributed by atoms with Gasteiger partial charge in [0.25, 0.3) is 5.91 Å². The highest BCUT2D eigenvalue weighted by atomic mass is 16.5. The minimum absolute atomic E-state index is 0.354.